The molecule has 1 amide bonds. The minimum Gasteiger partial charge on any atom is -0.497 e. The lowest BCUT2D eigenvalue weighted by Crippen LogP contribution is -2.37. The molecule has 2 aromatic rings. The normalized spacial score (nSPS) is 11.4. The fraction of sp³-hybridized carbons (Fsp3) is 0.235. The number of likely N-dealkylation sites (N-methyl/N-ethyl adjacent to an activating group) is 1. The van der Waals surface area contributed by atoms with Gasteiger partial charge in [0.05, 0.1) is 18.6 Å². The van der Waals surface area contributed by atoms with Gasteiger partial charge in [-0.25, -0.2) is 8.42 Å². The predicted molar refractivity (Wildman–Crippen MR) is 97.5 cm³/mol. The first-order valence-corrected chi connectivity index (χ1v) is 9.38. The number of hydrogen-bond acceptors (Lipinski definition) is 4. The Hall–Kier alpha value is -2.09. The van der Waals surface area contributed by atoms with Crippen LogP contribution < -0.4 is 10.1 Å². The van der Waals surface area contributed by atoms with Crippen molar-refractivity contribution in [2.75, 3.05) is 25.5 Å². The maximum atomic E-state index is 12.7. The van der Waals surface area contributed by atoms with Gasteiger partial charge in [-0.05, 0) is 48.5 Å². The highest BCUT2D eigenvalue weighted by Crippen LogP contribution is 2.19. The zero-order chi connectivity index (χ0) is 18.4. The van der Waals surface area contributed by atoms with E-state index in [0.29, 0.717) is 16.5 Å². The molecule has 0 spiro atoms. The van der Waals surface area contributed by atoms with E-state index in [1.807, 2.05) is 0 Å². The molecule has 0 saturated carbocycles. The molecule has 8 heteroatoms. The summed E-state index contributed by atoms with van der Waals surface area (Å²) in [6.07, 6.45) is 0. The standard InChI is InChI=1S/C17H19ClN2O4S/c1-3-20(12-17(21)19-14-6-4-13(18)5-7-14)25(22,23)16-10-8-15(24-2)9-11-16/h4-11H,3,12H2,1-2H3,(H,19,21). The zero-order valence-corrected chi connectivity index (χ0v) is 15.5. The summed E-state index contributed by atoms with van der Waals surface area (Å²) in [6, 6.07) is 12.6. The third kappa shape index (κ3) is 4.94. The molecule has 134 valence electrons. The van der Waals surface area contributed by atoms with E-state index < -0.39 is 15.9 Å². The molecule has 25 heavy (non-hydrogen) atoms. The smallest absolute Gasteiger partial charge is 0.243 e. The summed E-state index contributed by atoms with van der Waals surface area (Å²) in [5.41, 5.74) is 0.548. The molecule has 0 fully saturated rings. The van der Waals surface area contributed by atoms with Gasteiger partial charge in [-0.3, -0.25) is 4.79 Å². The number of ether oxygens (including phenoxy) is 1. The van der Waals surface area contributed by atoms with Crippen LogP contribution in [0.1, 0.15) is 6.92 Å². The lowest BCUT2D eigenvalue weighted by Gasteiger charge is -2.20. The highest BCUT2D eigenvalue weighted by Gasteiger charge is 2.25. The first-order chi connectivity index (χ1) is 11.9. The van der Waals surface area contributed by atoms with Crippen molar-refractivity contribution in [2.45, 2.75) is 11.8 Å². The third-order valence-corrected chi connectivity index (χ3v) is 5.68. The van der Waals surface area contributed by atoms with Crippen molar-refractivity contribution < 1.29 is 17.9 Å². The minimum atomic E-state index is -3.77. The average Bonchev–Trinajstić information content (AvgIpc) is 2.61. The van der Waals surface area contributed by atoms with E-state index in [4.69, 9.17) is 16.3 Å². The number of sulfonamides is 1. The molecule has 0 aliphatic heterocycles. The highest BCUT2D eigenvalue weighted by molar-refractivity contribution is 7.89. The topological polar surface area (TPSA) is 75.7 Å². The van der Waals surface area contributed by atoms with Gasteiger partial charge in [0, 0.05) is 17.3 Å². The zero-order valence-electron chi connectivity index (χ0n) is 13.9. The molecule has 0 heterocycles. The lowest BCUT2D eigenvalue weighted by molar-refractivity contribution is -0.116. The molecule has 1 N–H and O–H groups in total. The molecular formula is C17H19ClN2O4S. The summed E-state index contributed by atoms with van der Waals surface area (Å²) >= 11 is 5.80. The highest BCUT2D eigenvalue weighted by atomic mass is 35.5. The molecule has 0 saturated heterocycles. The third-order valence-electron chi connectivity index (χ3n) is 3.50. The Morgan fingerprint density at radius 1 is 1.12 bits per heavy atom. The van der Waals surface area contributed by atoms with E-state index in [0.717, 1.165) is 4.31 Å². The van der Waals surface area contributed by atoms with Crippen LogP contribution >= 0.6 is 11.6 Å². The predicted octanol–water partition coefficient (Wildman–Crippen LogP) is 3.00. The summed E-state index contributed by atoms with van der Waals surface area (Å²) in [4.78, 5) is 12.3. The number of nitrogens with zero attached hydrogens (tertiary/aromatic N) is 1. The number of amides is 1. The number of nitrogens with one attached hydrogen (secondary N) is 1. The van der Waals surface area contributed by atoms with Crippen LogP contribution in [0.15, 0.2) is 53.4 Å². The Labute approximate surface area is 152 Å². The molecular weight excluding hydrogens is 364 g/mol. The molecule has 6 nitrogen and oxygen atoms in total. The van der Waals surface area contributed by atoms with Crippen LogP contribution in [0.2, 0.25) is 5.02 Å². The summed E-state index contributed by atoms with van der Waals surface area (Å²) in [5, 5.41) is 3.20. The van der Waals surface area contributed by atoms with Gasteiger partial charge in [0.25, 0.3) is 0 Å². The number of anilines is 1. The fourth-order valence-electron chi connectivity index (χ4n) is 2.16. The Morgan fingerprint density at radius 3 is 2.24 bits per heavy atom. The Balaban J connectivity index is 2.11. The number of hydrogen-bond donors (Lipinski definition) is 1. The maximum absolute atomic E-state index is 12.7. The van der Waals surface area contributed by atoms with Gasteiger partial charge in [0.15, 0.2) is 0 Å². The first kappa shape index (κ1) is 19.2. The molecule has 0 aliphatic carbocycles. The molecule has 2 rings (SSSR count). The molecule has 0 bridgehead atoms. The van der Waals surface area contributed by atoms with Gasteiger partial charge >= 0.3 is 0 Å². The Morgan fingerprint density at radius 2 is 1.72 bits per heavy atom. The maximum Gasteiger partial charge on any atom is 0.243 e. The van der Waals surface area contributed by atoms with Crippen LogP contribution in [-0.4, -0.2) is 38.8 Å². The van der Waals surface area contributed by atoms with Crippen molar-refractivity contribution in [2.24, 2.45) is 0 Å². The van der Waals surface area contributed by atoms with Crippen LogP contribution in [-0.2, 0) is 14.8 Å². The van der Waals surface area contributed by atoms with Crippen molar-refractivity contribution in [3.05, 3.63) is 53.6 Å². The van der Waals surface area contributed by atoms with Crippen molar-refractivity contribution >= 4 is 33.2 Å². The molecule has 0 aliphatic rings. The quantitative estimate of drug-likeness (QED) is 0.798. The van der Waals surface area contributed by atoms with Crippen LogP contribution in [0.3, 0.4) is 0 Å². The van der Waals surface area contributed by atoms with Crippen molar-refractivity contribution in [1.29, 1.82) is 0 Å². The molecule has 0 aromatic heterocycles. The largest absolute Gasteiger partial charge is 0.497 e. The summed E-state index contributed by atoms with van der Waals surface area (Å²) in [5.74, 6) is 0.128. The number of methoxy groups -OCH3 is 1. The average molecular weight is 383 g/mol. The Bertz CT molecular complexity index is 821. The monoisotopic (exact) mass is 382 g/mol. The Kier molecular flexibility index (Phi) is 6.41. The first-order valence-electron chi connectivity index (χ1n) is 7.56. The number of carbonyl (C=O) groups excluding carboxylic acids is 1. The summed E-state index contributed by atoms with van der Waals surface area (Å²) < 4.78 is 31.5. The number of carbonyl (C=O) groups is 1. The van der Waals surface area contributed by atoms with Crippen molar-refractivity contribution in [3.63, 3.8) is 0 Å². The molecule has 0 radical (unpaired) electrons. The summed E-state index contributed by atoms with van der Waals surface area (Å²) in [7, 11) is -2.27. The van der Waals surface area contributed by atoms with Gasteiger partial charge < -0.3 is 10.1 Å². The number of halogens is 1. The van der Waals surface area contributed by atoms with Gasteiger partial charge in [-0.1, -0.05) is 18.5 Å². The second kappa shape index (κ2) is 8.33. The van der Waals surface area contributed by atoms with Gasteiger partial charge in [-0.15, -0.1) is 0 Å². The van der Waals surface area contributed by atoms with E-state index in [9.17, 15) is 13.2 Å². The minimum absolute atomic E-state index is 0.106. The number of benzene rings is 2. The van der Waals surface area contributed by atoms with Crippen LogP contribution in [0, 0.1) is 0 Å². The SMILES string of the molecule is CCN(CC(=O)Nc1ccc(Cl)cc1)S(=O)(=O)c1ccc(OC)cc1. The van der Waals surface area contributed by atoms with Gasteiger partial charge in [0.1, 0.15) is 5.75 Å². The second-order valence-electron chi connectivity index (χ2n) is 5.16. The van der Waals surface area contributed by atoms with E-state index in [-0.39, 0.29) is 18.0 Å². The van der Waals surface area contributed by atoms with E-state index in [2.05, 4.69) is 5.32 Å². The molecule has 2 aromatic carbocycles. The van der Waals surface area contributed by atoms with Crippen molar-refractivity contribution in [3.8, 4) is 5.75 Å². The van der Waals surface area contributed by atoms with Crippen molar-refractivity contribution in [1.82, 2.24) is 4.31 Å². The summed E-state index contributed by atoms with van der Waals surface area (Å²) in [6.45, 7) is 1.56. The number of rotatable bonds is 7. The fourth-order valence-corrected chi connectivity index (χ4v) is 3.69. The van der Waals surface area contributed by atoms with Crippen LogP contribution in [0.5, 0.6) is 5.75 Å². The second-order valence-corrected chi connectivity index (χ2v) is 7.54. The van der Waals surface area contributed by atoms with Crippen LogP contribution in [0.4, 0.5) is 5.69 Å². The van der Waals surface area contributed by atoms with E-state index in [1.165, 1.54) is 19.2 Å². The van der Waals surface area contributed by atoms with Crippen LogP contribution in [0.25, 0.3) is 0 Å². The lowest BCUT2D eigenvalue weighted by atomic mass is 10.3. The molecule has 0 atom stereocenters. The molecule has 0 unspecified atom stereocenters. The van der Waals surface area contributed by atoms with E-state index >= 15 is 0 Å². The van der Waals surface area contributed by atoms with E-state index in [1.54, 1.807) is 43.3 Å². The van der Waals surface area contributed by atoms with Gasteiger partial charge in [0.2, 0.25) is 15.9 Å². The van der Waals surface area contributed by atoms with Gasteiger partial charge in [-0.2, -0.15) is 4.31 Å².